The monoisotopic (exact) mass is 172 g/mol. The first-order chi connectivity index (χ1) is 6.29. The molecule has 1 aromatic rings. The molecule has 1 aliphatic rings. The van der Waals surface area contributed by atoms with Gasteiger partial charge >= 0.3 is 0 Å². The van der Waals surface area contributed by atoms with Gasteiger partial charge in [0.05, 0.1) is 0 Å². The molecule has 2 heteroatoms. The average molecular weight is 172 g/mol. The molecule has 0 aromatic heterocycles. The highest BCUT2D eigenvalue weighted by atomic mass is 16.1. The first-order valence-electron chi connectivity index (χ1n) is 4.08. The van der Waals surface area contributed by atoms with Crippen LogP contribution in [-0.2, 0) is 11.2 Å². The standard InChI is InChI=1S/C11H8O2/c12-7-8-1-2-10-6-11(13)4-3-9(10)5-8/h1-5,7H,6H2. The van der Waals surface area contributed by atoms with Crippen LogP contribution in [0.25, 0.3) is 6.08 Å². The number of benzene rings is 1. The molecule has 0 saturated heterocycles. The quantitative estimate of drug-likeness (QED) is 0.603. The van der Waals surface area contributed by atoms with Crippen molar-refractivity contribution in [1.82, 2.24) is 0 Å². The SMILES string of the molecule is O=Cc1ccc2c(c1)C=CC(=O)C2. The number of ketones is 1. The topological polar surface area (TPSA) is 34.1 Å². The van der Waals surface area contributed by atoms with Gasteiger partial charge in [0.25, 0.3) is 0 Å². The predicted molar refractivity (Wildman–Crippen MR) is 49.6 cm³/mol. The van der Waals surface area contributed by atoms with Crippen LogP contribution in [-0.4, -0.2) is 12.1 Å². The third-order valence-corrected chi connectivity index (χ3v) is 2.12. The van der Waals surface area contributed by atoms with E-state index in [1.807, 2.05) is 6.07 Å². The number of carbonyl (C=O) groups is 2. The van der Waals surface area contributed by atoms with Gasteiger partial charge < -0.3 is 0 Å². The van der Waals surface area contributed by atoms with E-state index in [2.05, 4.69) is 0 Å². The molecular formula is C11H8O2. The number of hydrogen-bond donors (Lipinski definition) is 0. The van der Waals surface area contributed by atoms with Crippen LogP contribution in [0.4, 0.5) is 0 Å². The van der Waals surface area contributed by atoms with Crippen molar-refractivity contribution in [3.63, 3.8) is 0 Å². The van der Waals surface area contributed by atoms with Crippen molar-refractivity contribution >= 4 is 18.1 Å². The fraction of sp³-hybridized carbons (Fsp3) is 0.0909. The number of allylic oxidation sites excluding steroid dienone is 1. The summed E-state index contributed by atoms with van der Waals surface area (Å²) in [5, 5.41) is 0. The summed E-state index contributed by atoms with van der Waals surface area (Å²) in [6.45, 7) is 0. The Labute approximate surface area is 75.9 Å². The Morgan fingerprint density at radius 2 is 2.08 bits per heavy atom. The lowest BCUT2D eigenvalue weighted by Gasteiger charge is -2.08. The van der Waals surface area contributed by atoms with E-state index in [0.717, 1.165) is 17.4 Å². The van der Waals surface area contributed by atoms with Gasteiger partial charge in [-0.2, -0.15) is 0 Å². The van der Waals surface area contributed by atoms with Crippen molar-refractivity contribution in [2.45, 2.75) is 6.42 Å². The molecule has 0 atom stereocenters. The van der Waals surface area contributed by atoms with Crippen molar-refractivity contribution in [2.24, 2.45) is 0 Å². The highest BCUT2D eigenvalue weighted by molar-refractivity contribution is 5.98. The summed E-state index contributed by atoms with van der Waals surface area (Å²) in [6, 6.07) is 5.37. The zero-order chi connectivity index (χ0) is 9.26. The summed E-state index contributed by atoms with van der Waals surface area (Å²) in [6.07, 6.45) is 4.57. The molecule has 0 spiro atoms. The third kappa shape index (κ3) is 1.43. The molecule has 2 rings (SSSR count). The maximum atomic E-state index is 11.0. The first kappa shape index (κ1) is 7.92. The number of carbonyl (C=O) groups excluding carboxylic acids is 2. The van der Waals surface area contributed by atoms with E-state index in [0.29, 0.717) is 12.0 Å². The normalized spacial score (nSPS) is 14.0. The largest absolute Gasteiger partial charge is 0.298 e. The van der Waals surface area contributed by atoms with Gasteiger partial charge in [0.15, 0.2) is 5.78 Å². The van der Waals surface area contributed by atoms with Crippen LogP contribution in [0.3, 0.4) is 0 Å². The van der Waals surface area contributed by atoms with Gasteiger partial charge in [0.1, 0.15) is 6.29 Å². The van der Waals surface area contributed by atoms with Crippen LogP contribution in [0.15, 0.2) is 24.3 Å². The van der Waals surface area contributed by atoms with E-state index in [4.69, 9.17) is 0 Å². The van der Waals surface area contributed by atoms with Gasteiger partial charge in [-0.3, -0.25) is 9.59 Å². The number of hydrogen-bond acceptors (Lipinski definition) is 2. The lowest BCUT2D eigenvalue weighted by atomic mass is 9.95. The van der Waals surface area contributed by atoms with Gasteiger partial charge in [0.2, 0.25) is 0 Å². The Balaban J connectivity index is 2.51. The average Bonchev–Trinajstić information content (AvgIpc) is 2.17. The van der Waals surface area contributed by atoms with Gasteiger partial charge in [-0.25, -0.2) is 0 Å². The molecule has 2 nitrogen and oxygen atoms in total. The molecule has 0 amide bonds. The Morgan fingerprint density at radius 1 is 1.23 bits per heavy atom. The fourth-order valence-corrected chi connectivity index (χ4v) is 1.43. The molecule has 0 heterocycles. The van der Waals surface area contributed by atoms with Crippen molar-refractivity contribution in [3.05, 3.63) is 41.0 Å². The van der Waals surface area contributed by atoms with E-state index in [1.165, 1.54) is 0 Å². The molecule has 0 bridgehead atoms. The number of aldehydes is 1. The van der Waals surface area contributed by atoms with Gasteiger partial charge in [-0.05, 0) is 23.3 Å². The maximum absolute atomic E-state index is 11.0. The second-order valence-electron chi connectivity index (χ2n) is 3.05. The molecule has 1 aromatic carbocycles. The highest BCUT2D eigenvalue weighted by Crippen LogP contribution is 2.18. The van der Waals surface area contributed by atoms with E-state index >= 15 is 0 Å². The molecule has 0 radical (unpaired) electrons. The third-order valence-electron chi connectivity index (χ3n) is 2.12. The van der Waals surface area contributed by atoms with Crippen LogP contribution in [0.2, 0.25) is 0 Å². The zero-order valence-electron chi connectivity index (χ0n) is 6.99. The first-order valence-corrected chi connectivity index (χ1v) is 4.08. The van der Waals surface area contributed by atoms with Crippen LogP contribution >= 0.6 is 0 Å². The minimum atomic E-state index is 0.117. The van der Waals surface area contributed by atoms with E-state index in [9.17, 15) is 9.59 Å². The Morgan fingerprint density at radius 3 is 2.85 bits per heavy atom. The molecule has 1 aliphatic carbocycles. The molecule has 0 saturated carbocycles. The van der Waals surface area contributed by atoms with E-state index < -0.39 is 0 Å². The second-order valence-corrected chi connectivity index (χ2v) is 3.05. The predicted octanol–water partition coefficient (Wildman–Crippen LogP) is 1.64. The lowest BCUT2D eigenvalue weighted by Crippen LogP contribution is -2.05. The molecular weight excluding hydrogens is 164 g/mol. The van der Waals surface area contributed by atoms with Crippen molar-refractivity contribution in [3.8, 4) is 0 Å². The minimum absolute atomic E-state index is 0.117. The van der Waals surface area contributed by atoms with E-state index in [1.54, 1.807) is 24.3 Å². The molecule has 0 unspecified atom stereocenters. The van der Waals surface area contributed by atoms with Crippen molar-refractivity contribution in [1.29, 1.82) is 0 Å². The summed E-state index contributed by atoms with van der Waals surface area (Å²) in [5.74, 6) is 0.117. The Bertz CT molecular complexity index is 403. The van der Waals surface area contributed by atoms with E-state index in [-0.39, 0.29) is 5.78 Å². The number of fused-ring (bicyclic) bond motifs is 1. The summed E-state index contributed by atoms with van der Waals surface area (Å²) in [5.41, 5.74) is 2.63. The Hall–Kier alpha value is -1.70. The zero-order valence-corrected chi connectivity index (χ0v) is 6.99. The van der Waals surface area contributed by atoms with Crippen molar-refractivity contribution < 1.29 is 9.59 Å². The number of rotatable bonds is 1. The lowest BCUT2D eigenvalue weighted by molar-refractivity contribution is -0.114. The van der Waals surface area contributed by atoms with Crippen LogP contribution in [0.5, 0.6) is 0 Å². The van der Waals surface area contributed by atoms with Gasteiger partial charge in [-0.15, -0.1) is 0 Å². The molecule has 64 valence electrons. The van der Waals surface area contributed by atoms with Gasteiger partial charge in [0, 0.05) is 12.0 Å². The molecule has 0 aliphatic heterocycles. The molecule has 0 N–H and O–H groups in total. The van der Waals surface area contributed by atoms with Gasteiger partial charge in [-0.1, -0.05) is 18.2 Å². The summed E-state index contributed by atoms with van der Waals surface area (Å²) < 4.78 is 0. The summed E-state index contributed by atoms with van der Waals surface area (Å²) in [4.78, 5) is 21.5. The van der Waals surface area contributed by atoms with Crippen LogP contribution in [0.1, 0.15) is 21.5 Å². The van der Waals surface area contributed by atoms with Crippen LogP contribution < -0.4 is 0 Å². The highest BCUT2D eigenvalue weighted by Gasteiger charge is 2.09. The fourth-order valence-electron chi connectivity index (χ4n) is 1.43. The molecule has 0 fully saturated rings. The summed E-state index contributed by atoms with van der Waals surface area (Å²) >= 11 is 0. The summed E-state index contributed by atoms with van der Waals surface area (Å²) in [7, 11) is 0. The van der Waals surface area contributed by atoms with Crippen molar-refractivity contribution in [2.75, 3.05) is 0 Å². The molecule has 13 heavy (non-hydrogen) atoms. The van der Waals surface area contributed by atoms with Crippen LogP contribution in [0, 0.1) is 0 Å². The minimum Gasteiger partial charge on any atom is -0.298 e. The Kier molecular flexibility index (Phi) is 1.81. The maximum Gasteiger partial charge on any atom is 0.160 e. The smallest absolute Gasteiger partial charge is 0.160 e. The second kappa shape index (κ2) is 2.98.